The molecule has 4 heteroatoms. The van der Waals surface area contributed by atoms with Gasteiger partial charge >= 0.3 is 5.97 Å². The first kappa shape index (κ1) is 14.2. The zero-order valence-corrected chi connectivity index (χ0v) is 11.1. The van der Waals surface area contributed by atoms with Gasteiger partial charge in [0.25, 0.3) is 0 Å². The van der Waals surface area contributed by atoms with Gasteiger partial charge in [-0.15, -0.1) is 0 Å². The average Bonchev–Trinajstić information content (AvgIpc) is 2.24. The van der Waals surface area contributed by atoms with Crippen LogP contribution in [0.25, 0.3) is 0 Å². The third-order valence-corrected chi connectivity index (χ3v) is 2.02. The van der Waals surface area contributed by atoms with Gasteiger partial charge in [-0.2, -0.15) is 0 Å². The first-order valence-corrected chi connectivity index (χ1v) is 5.73. The summed E-state index contributed by atoms with van der Waals surface area (Å²) >= 11 is 0. The van der Waals surface area contributed by atoms with Crippen molar-refractivity contribution in [2.75, 3.05) is 6.61 Å². The number of hydrogen-bond acceptors (Lipinski definition) is 4. The first-order chi connectivity index (χ1) is 8.28. The van der Waals surface area contributed by atoms with Gasteiger partial charge in [0.2, 0.25) is 0 Å². The van der Waals surface area contributed by atoms with Crippen LogP contribution >= 0.6 is 0 Å². The van der Waals surface area contributed by atoms with Crippen LogP contribution in [0.3, 0.4) is 0 Å². The highest BCUT2D eigenvalue weighted by Gasteiger charge is 2.16. The standard InChI is InChI=1S/C14H18O4/c1-10(15)11-6-5-7-12(8-11)17-9-13(16)18-14(2,3)4/h5-8H,9H2,1-4H3. The fraction of sp³-hybridized carbons (Fsp3) is 0.429. The van der Waals surface area contributed by atoms with Crippen molar-refractivity contribution in [2.45, 2.75) is 33.3 Å². The highest BCUT2D eigenvalue weighted by molar-refractivity contribution is 5.94. The third-order valence-electron chi connectivity index (χ3n) is 2.02. The molecule has 0 unspecified atom stereocenters. The molecule has 1 aromatic rings. The average molecular weight is 250 g/mol. The van der Waals surface area contributed by atoms with Crippen molar-refractivity contribution >= 4 is 11.8 Å². The second kappa shape index (κ2) is 5.67. The topological polar surface area (TPSA) is 52.6 Å². The van der Waals surface area contributed by atoms with Gasteiger partial charge < -0.3 is 9.47 Å². The molecule has 0 fully saturated rings. The van der Waals surface area contributed by atoms with E-state index in [2.05, 4.69) is 0 Å². The van der Waals surface area contributed by atoms with Crippen LogP contribution in [0.1, 0.15) is 38.1 Å². The Kier molecular flexibility index (Phi) is 4.48. The molecule has 0 saturated carbocycles. The smallest absolute Gasteiger partial charge is 0.344 e. The van der Waals surface area contributed by atoms with Gasteiger partial charge in [0.15, 0.2) is 12.4 Å². The largest absolute Gasteiger partial charge is 0.482 e. The van der Waals surface area contributed by atoms with Gasteiger partial charge in [0.1, 0.15) is 11.4 Å². The zero-order chi connectivity index (χ0) is 13.8. The molecular formula is C14H18O4. The molecule has 0 heterocycles. The molecule has 0 spiro atoms. The number of rotatable bonds is 4. The summed E-state index contributed by atoms with van der Waals surface area (Å²) in [4.78, 5) is 22.6. The van der Waals surface area contributed by atoms with Crippen molar-refractivity contribution in [3.8, 4) is 5.75 Å². The Morgan fingerprint density at radius 2 is 1.89 bits per heavy atom. The van der Waals surface area contributed by atoms with E-state index in [4.69, 9.17) is 9.47 Å². The predicted octanol–water partition coefficient (Wildman–Crippen LogP) is 2.61. The minimum atomic E-state index is -0.526. The molecule has 0 saturated heterocycles. The van der Waals surface area contributed by atoms with Crippen LogP contribution in [0.5, 0.6) is 5.75 Å². The summed E-state index contributed by atoms with van der Waals surface area (Å²) < 4.78 is 10.4. The van der Waals surface area contributed by atoms with Crippen LogP contribution in [-0.2, 0) is 9.53 Å². The lowest BCUT2D eigenvalue weighted by atomic mass is 10.1. The third kappa shape index (κ3) is 4.99. The van der Waals surface area contributed by atoms with Gasteiger partial charge in [0.05, 0.1) is 0 Å². The normalized spacial score (nSPS) is 10.9. The lowest BCUT2D eigenvalue weighted by Crippen LogP contribution is -2.27. The second-order valence-electron chi connectivity index (χ2n) is 4.96. The highest BCUT2D eigenvalue weighted by Crippen LogP contribution is 2.14. The molecule has 0 amide bonds. The molecule has 0 atom stereocenters. The summed E-state index contributed by atoms with van der Waals surface area (Å²) in [7, 11) is 0. The molecule has 0 aromatic heterocycles. The Morgan fingerprint density at radius 3 is 2.44 bits per heavy atom. The van der Waals surface area contributed by atoms with E-state index in [1.807, 2.05) is 0 Å². The molecule has 0 bridgehead atoms. The van der Waals surface area contributed by atoms with E-state index in [1.54, 1.807) is 45.0 Å². The Balaban J connectivity index is 2.56. The Labute approximate surface area is 107 Å². The number of carbonyl (C=O) groups excluding carboxylic acids is 2. The maximum Gasteiger partial charge on any atom is 0.344 e. The molecule has 0 radical (unpaired) electrons. The van der Waals surface area contributed by atoms with E-state index in [0.29, 0.717) is 11.3 Å². The van der Waals surface area contributed by atoms with Gasteiger partial charge in [-0.1, -0.05) is 12.1 Å². The van der Waals surface area contributed by atoms with Crippen molar-refractivity contribution in [1.29, 1.82) is 0 Å². The predicted molar refractivity (Wildman–Crippen MR) is 67.8 cm³/mol. The Hall–Kier alpha value is -1.84. The summed E-state index contributed by atoms with van der Waals surface area (Å²) in [6.45, 7) is 6.69. The fourth-order valence-corrected chi connectivity index (χ4v) is 1.32. The number of ketones is 1. The number of esters is 1. The molecule has 1 aromatic carbocycles. The molecular weight excluding hydrogens is 232 g/mol. The van der Waals surface area contributed by atoms with Crippen molar-refractivity contribution in [1.82, 2.24) is 0 Å². The summed E-state index contributed by atoms with van der Waals surface area (Å²) in [5.41, 5.74) is 0.0264. The molecule has 0 N–H and O–H groups in total. The highest BCUT2D eigenvalue weighted by atomic mass is 16.6. The fourth-order valence-electron chi connectivity index (χ4n) is 1.32. The van der Waals surface area contributed by atoms with Crippen LogP contribution in [0.4, 0.5) is 0 Å². The van der Waals surface area contributed by atoms with Crippen molar-refractivity contribution in [2.24, 2.45) is 0 Å². The lowest BCUT2D eigenvalue weighted by molar-refractivity contribution is -0.157. The molecule has 18 heavy (non-hydrogen) atoms. The minimum Gasteiger partial charge on any atom is -0.482 e. The van der Waals surface area contributed by atoms with Crippen molar-refractivity contribution in [3.63, 3.8) is 0 Å². The van der Waals surface area contributed by atoms with Crippen LogP contribution in [0.15, 0.2) is 24.3 Å². The van der Waals surface area contributed by atoms with E-state index in [9.17, 15) is 9.59 Å². The van der Waals surface area contributed by atoms with Crippen LogP contribution in [-0.4, -0.2) is 24.0 Å². The second-order valence-corrected chi connectivity index (χ2v) is 4.96. The zero-order valence-electron chi connectivity index (χ0n) is 11.1. The van der Waals surface area contributed by atoms with Crippen molar-refractivity contribution < 1.29 is 19.1 Å². The van der Waals surface area contributed by atoms with Crippen molar-refractivity contribution in [3.05, 3.63) is 29.8 Å². The summed E-state index contributed by atoms with van der Waals surface area (Å²) in [5.74, 6) is 0.00186. The van der Waals surface area contributed by atoms with E-state index in [-0.39, 0.29) is 12.4 Å². The van der Waals surface area contributed by atoms with Gasteiger partial charge in [-0.05, 0) is 39.8 Å². The minimum absolute atomic E-state index is 0.0438. The van der Waals surface area contributed by atoms with Crippen LogP contribution in [0.2, 0.25) is 0 Å². The van der Waals surface area contributed by atoms with Gasteiger partial charge in [-0.25, -0.2) is 4.79 Å². The summed E-state index contributed by atoms with van der Waals surface area (Å²) in [5, 5.41) is 0. The van der Waals surface area contributed by atoms with Gasteiger partial charge in [-0.3, -0.25) is 4.79 Å². The first-order valence-electron chi connectivity index (χ1n) is 5.73. The summed E-state index contributed by atoms with van der Waals surface area (Å²) in [6.07, 6.45) is 0. The molecule has 0 aliphatic rings. The van der Waals surface area contributed by atoms with E-state index < -0.39 is 11.6 Å². The Morgan fingerprint density at radius 1 is 1.22 bits per heavy atom. The van der Waals surface area contributed by atoms with E-state index >= 15 is 0 Å². The van der Waals surface area contributed by atoms with Crippen LogP contribution < -0.4 is 4.74 Å². The lowest BCUT2D eigenvalue weighted by Gasteiger charge is -2.19. The number of carbonyl (C=O) groups is 2. The number of benzene rings is 1. The molecule has 1 rings (SSSR count). The number of hydrogen-bond donors (Lipinski definition) is 0. The maximum atomic E-state index is 11.4. The number of Topliss-reactive ketones (excluding diaryl/α,β-unsaturated/α-hetero) is 1. The monoisotopic (exact) mass is 250 g/mol. The quantitative estimate of drug-likeness (QED) is 0.609. The molecule has 4 nitrogen and oxygen atoms in total. The maximum absolute atomic E-state index is 11.4. The molecule has 0 aliphatic heterocycles. The number of ether oxygens (including phenoxy) is 2. The summed E-state index contributed by atoms with van der Waals surface area (Å²) in [6, 6.07) is 6.70. The van der Waals surface area contributed by atoms with Gasteiger partial charge in [0, 0.05) is 5.56 Å². The SMILES string of the molecule is CC(=O)c1cccc(OCC(=O)OC(C)(C)C)c1. The molecule has 98 valence electrons. The van der Waals surface area contributed by atoms with E-state index in [1.165, 1.54) is 6.92 Å². The van der Waals surface area contributed by atoms with E-state index in [0.717, 1.165) is 0 Å². The molecule has 0 aliphatic carbocycles. The Bertz CT molecular complexity index is 443. The van der Waals surface area contributed by atoms with Crippen LogP contribution in [0, 0.1) is 0 Å².